The first-order chi connectivity index (χ1) is 19.5. The molecule has 0 bridgehead atoms. The number of rotatable bonds is 8. The van der Waals surface area contributed by atoms with E-state index < -0.39 is 26.8 Å². The Kier molecular flexibility index (Phi) is 7.97. The Balaban J connectivity index is 1.53. The zero-order chi connectivity index (χ0) is 29.4. The first-order valence-electron chi connectivity index (χ1n) is 13.8. The smallest absolute Gasteiger partial charge is 0.261 e. The largest absolute Gasteiger partial charge is 0.492 e. The van der Waals surface area contributed by atoms with Crippen LogP contribution in [0.15, 0.2) is 67.0 Å². The SMILES string of the molecule is CC(C)C(=O)Nc1nc(O)c2ncn([C@H]3C[C@H](O[Si](c4ccccc4)(c4ccccc4)C(C)(C)C)[C@@H](CO)O3)c2n1. The lowest BCUT2D eigenvalue weighted by Crippen LogP contribution is -2.68. The molecule has 3 atom stereocenters. The number of carbonyl (C=O) groups excluding carboxylic acids is 1. The lowest BCUT2D eigenvalue weighted by Gasteiger charge is -2.45. The van der Waals surface area contributed by atoms with Crippen molar-refractivity contribution in [3.63, 3.8) is 0 Å². The van der Waals surface area contributed by atoms with Gasteiger partial charge in [0, 0.05) is 12.3 Å². The highest BCUT2D eigenvalue weighted by Crippen LogP contribution is 2.41. The van der Waals surface area contributed by atoms with E-state index in [-0.39, 0.29) is 40.8 Å². The molecule has 1 amide bonds. The fraction of sp³-hybridized carbons (Fsp3) is 0.400. The molecule has 11 heteroatoms. The molecule has 5 rings (SSSR count). The molecule has 2 aromatic heterocycles. The molecule has 2 aromatic carbocycles. The molecule has 0 unspecified atom stereocenters. The fourth-order valence-corrected chi connectivity index (χ4v) is 10.2. The fourth-order valence-electron chi connectivity index (χ4n) is 5.50. The lowest BCUT2D eigenvalue weighted by molar-refractivity contribution is -0.118. The number of aliphatic hydroxyl groups is 1. The normalized spacial score (nSPS) is 19.6. The van der Waals surface area contributed by atoms with Gasteiger partial charge in [-0.05, 0) is 15.4 Å². The first-order valence-corrected chi connectivity index (χ1v) is 15.8. The van der Waals surface area contributed by atoms with Crippen LogP contribution in [-0.4, -0.2) is 62.8 Å². The average molecular weight is 576 g/mol. The number of imidazole rings is 1. The third-order valence-corrected chi connectivity index (χ3v) is 12.6. The van der Waals surface area contributed by atoms with Gasteiger partial charge in [0.25, 0.3) is 8.32 Å². The summed E-state index contributed by atoms with van der Waals surface area (Å²) >= 11 is 0. The van der Waals surface area contributed by atoms with E-state index in [0.29, 0.717) is 12.1 Å². The van der Waals surface area contributed by atoms with Crippen molar-refractivity contribution in [3.8, 4) is 5.88 Å². The number of benzene rings is 2. The van der Waals surface area contributed by atoms with Crippen LogP contribution in [0.2, 0.25) is 5.04 Å². The van der Waals surface area contributed by atoms with E-state index in [1.54, 1.807) is 18.4 Å². The number of carbonyl (C=O) groups is 1. The van der Waals surface area contributed by atoms with Crippen molar-refractivity contribution in [2.75, 3.05) is 11.9 Å². The van der Waals surface area contributed by atoms with Gasteiger partial charge in [-0.1, -0.05) is 95.3 Å². The van der Waals surface area contributed by atoms with E-state index in [1.165, 1.54) is 6.33 Å². The van der Waals surface area contributed by atoms with E-state index in [4.69, 9.17) is 9.16 Å². The Morgan fingerprint density at radius 2 is 1.71 bits per heavy atom. The van der Waals surface area contributed by atoms with E-state index in [1.807, 2.05) is 36.4 Å². The van der Waals surface area contributed by atoms with Crippen molar-refractivity contribution in [1.82, 2.24) is 19.5 Å². The summed E-state index contributed by atoms with van der Waals surface area (Å²) in [6.45, 7) is 9.89. The van der Waals surface area contributed by atoms with Crippen LogP contribution in [0.3, 0.4) is 0 Å². The third kappa shape index (κ3) is 5.37. The maximum absolute atomic E-state index is 12.3. The maximum atomic E-state index is 12.3. The van der Waals surface area contributed by atoms with Crippen molar-refractivity contribution in [3.05, 3.63) is 67.0 Å². The average Bonchev–Trinajstić information content (AvgIpc) is 3.56. The zero-order valence-electron chi connectivity index (χ0n) is 24.0. The van der Waals surface area contributed by atoms with Gasteiger partial charge in [0.1, 0.15) is 12.3 Å². The van der Waals surface area contributed by atoms with E-state index in [2.05, 4.69) is 65.3 Å². The van der Waals surface area contributed by atoms with E-state index >= 15 is 0 Å². The van der Waals surface area contributed by atoms with Gasteiger partial charge in [-0.2, -0.15) is 9.97 Å². The molecule has 1 fully saturated rings. The Labute approximate surface area is 240 Å². The minimum Gasteiger partial charge on any atom is -0.492 e. The standard InChI is InChI=1S/C30H37N5O5Si/c1-19(2)27(37)33-29-32-26-25(28(38)34-29)31-18-35(26)24-16-22(23(17-36)39-24)40-41(30(3,4)5,20-12-8-6-9-13-20)21-14-10-7-11-15-21/h6-15,18-19,22-24,36H,16-17H2,1-5H3,(H2,32,33,34,37,38)/t22-,23+,24+/m0/s1. The summed E-state index contributed by atoms with van der Waals surface area (Å²) in [5, 5.41) is 25.6. The van der Waals surface area contributed by atoms with Gasteiger partial charge in [-0.3, -0.25) is 14.7 Å². The predicted octanol–water partition coefficient (Wildman–Crippen LogP) is 3.35. The summed E-state index contributed by atoms with van der Waals surface area (Å²) < 4.78 is 15.3. The molecule has 216 valence electrons. The van der Waals surface area contributed by atoms with Crippen molar-refractivity contribution < 1.29 is 24.2 Å². The second kappa shape index (κ2) is 11.3. The van der Waals surface area contributed by atoms with Gasteiger partial charge in [-0.15, -0.1) is 0 Å². The third-order valence-electron chi connectivity index (χ3n) is 7.58. The maximum Gasteiger partial charge on any atom is 0.261 e. The number of amides is 1. The van der Waals surface area contributed by atoms with Gasteiger partial charge in [0.2, 0.25) is 17.7 Å². The van der Waals surface area contributed by atoms with Crippen LogP contribution in [0, 0.1) is 5.92 Å². The highest BCUT2D eigenvalue weighted by Gasteiger charge is 2.53. The molecule has 3 heterocycles. The Bertz CT molecular complexity index is 1470. The Morgan fingerprint density at radius 3 is 2.24 bits per heavy atom. The van der Waals surface area contributed by atoms with Crippen LogP contribution in [0.1, 0.15) is 47.3 Å². The van der Waals surface area contributed by atoms with Crippen molar-refractivity contribution in [1.29, 1.82) is 0 Å². The van der Waals surface area contributed by atoms with Gasteiger partial charge in [-0.25, -0.2) is 4.98 Å². The second-order valence-corrected chi connectivity index (χ2v) is 16.0. The predicted molar refractivity (Wildman–Crippen MR) is 159 cm³/mol. The molecular weight excluding hydrogens is 538 g/mol. The van der Waals surface area contributed by atoms with Gasteiger partial charge in [0.15, 0.2) is 11.2 Å². The number of aliphatic hydroxyl groups excluding tert-OH is 1. The first kappa shape index (κ1) is 28.9. The summed E-state index contributed by atoms with van der Waals surface area (Å²) in [6, 6.07) is 20.6. The number of ether oxygens (including phenoxy) is 1. The summed E-state index contributed by atoms with van der Waals surface area (Å²) in [6.07, 6.45) is 0.319. The van der Waals surface area contributed by atoms with Crippen LogP contribution < -0.4 is 15.7 Å². The molecule has 3 N–H and O–H groups in total. The molecule has 0 aliphatic carbocycles. The minimum absolute atomic E-state index is 0.0210. The molecule has 4 aromatic rings. The molecule has 1 aliphatic rings. The highest BCUT2D eigenvalue weighted by atomic mass is 28.4. The molecule has 0 radical (unpaired) electrons. The van der Waals surface area contributed by atoms with Crippen LogP contribution in [0.4, 0.5) is 5.95 Å². The quantitative estimate of drug-likeness (QED) is 0.273. The number of aromatic nitrogens is 4. The highest BCUT2D eigenvalue weighted by molar-refractivity contribution is 6.99. The zero-order valence-corrected chi connectivity index (χ0v) is 25.0. The van der Waals surface area contributed by atoms with Gasteiger partial charge >= 0.3 is 0 Å². The van der Waals surface area contributed by atoms with Crippen molar-refractivity contribution in [2.24, 2.45) is 5.92 Å². The lowest BCUT2D eigenvalue weighted by atomic mass is 10.2. The van der Waals surface area contributed by atoms with Crippen LogP contribution in [-0.2, 0) is 14.0 Å². The van der Waals surface area contributed by atoms with Crippen LogP contribution in [0.25, 0.3) is 11.2 Å². The molecule has 1 aliphatic heterocycles. The Hall–Kier alpha value is -3.64. The Morgan fingerprint density at radius 1 is 1.10 bits per heavy atom. The van der Waals surface area contributed by atoms with Crippen molar-refractivity contribution >= 4 is 41.7 Å². The van der Waals surface area contributed by atoms with Gasteiger partial charge < -0.3 is 19.4 Å². The number of nitrogens with zero attached hydrogens (tertiary/aromatic N) is 4. The number of aromatic hydroxyl groups is 1. The van der Waals surface area contributed by atoms with Crippen molar-refractivity contribution in [2.45, 2.75) is 64.5 Å². The summed E-state index contributed by atoms with van der Waals surface area (Å²) in [5.41, 5.74) is 0.498. The molecule has 10 nitrogen and oxygen atoms in total. The van der Waals surface area contributed by atoms with Gasteiger partial charge in [0.05, 0.1) is 19.0 Å². The number of nitrogens with one attached hydrogen (secondary N) is 1. The molecule has 0 spiro atoms. The second-order valence-electron chi connectivity index (χ2n) is 11.7. The number of anilines is 1. The summed E-state index contributed by atoms with van der Waals surface area (Å²) in [5.74, 6) is -0.924. The topological polar surface area (TPSA) is 132 Å². The van der Waals surface area contributed by atoms with E-state index in [0.717, 1.165) is 10.4 Å². The number of hydrogen-bond donors (Lipinski definition) is 3. The molecule has 1 saturated heterocycles. The monoisotopic (exact) mass is 575 g/mol. The van der Waals surface area contributed by atoms with Crippen LogP contribution >= 0.6 is 0 Å². The van der Waals surface area contributed by atoms with E-state index in [9.17, 15) is 15.0 Å². The summed E-state index contributed by atoms with van der Waals surface area (Å²) in [4.78, 5) is 25.0. The number of fused-ring (bicyclic) bond motifs is 1. The molecular formula is C30H37N5O5Si. The minimum atomic E-state index is -2.92. The molecule has 0 saturated carbocycles. The number of hydrogen-bond acceptors (Lipinski definition) is 8. The van der Waals surface area contributed by atoms with Crippen LogP contribution in [0.5, 0.6) is 5.88 Å². The molecule has 41 heavy (non-hydrogen) atoms. The summed E-state index contributed by atoms with van der Waals surface area (Å²) in [7, 11) is -2.92.